The summed E-state index contributed by atoms with van der Waals surface area (Å²) in [6, 6.07) is 2.59. The summed E-state index contributed by atoms with van der Waals surface area (Å²) in [5.41, 5.74) is 0.148. The van der Waals surface area contributed by atoms with Crippen LogP contribution in [0.2, 0.25) is 5.02 Å². The van der Waals surface area contributed by atoms with Crippen LogP contribution in [-0.4, -0.2) is 49.8 Å². The zero-order valence-electron chi connectivity index (χ0n) is 12.4. The molecular weight excluding hydrogens is 314 g/mol. The van der Waals surface area contributed by atoms with Gasteiger partial charge in [0.25, 0.3) is 0 Å². The summed E-state index contributed by atoms with van der Waals surface area (Å²) in [6.07, 6.45) is 0. The highest BCUT2D eigenvalue weighted by Gasteiger charge is 2.22. The molecule has 118 valence electrons. The Bertz CT molecular complexity index is 624. The molecule has 0 bridgehead atoms. The lowest BCUT2D eigenvalue weighted by Gasteiger charge is -2.18. The van der Waals surface area contributed by atoms with Crippen molar-refractivity contribution in [3.63, 3.8) is 0 Å². The normalized spacial score (nSPS) is 11.9. The van der Waals surface area contributed by atoms with Gasteiger partial charge in [0.2, 0.25) is 0 Å². The SMILES string of the molecule is CCN(CC)CCS(=O)(=O)c1cc(Cl)cc(C(=O)O)c1C. The highest BCUT2D eigenvalue weighted by Crippen LogP contribution is 2.25. The summed E-state index contributed by atoms with van der Waals surface area (Å²) in [7, 11) is -3.57. The predicted molar refractivity (Wildman–Crippen MR) is 83.0 cm³/mol. The fourth-order valence-corrected chi connectivity index (χ4v) is 3.98. The van der Waals surface area contributed by atoms with E-state index in [1.165, 1.54) is 19.1 Å². The number of hydrogen-bond acceptors (Lipinski definition) is 4. The van der Waals surface area contributed by atoms with Crippen molar-refractivity contribution in [3.8, 4) is 0 Å². The number of halogens is 1. The van der Waals surface area contributed by atoms with E-state index in [4.69, 9.17) is 16.7 Å². The molecule has 21 heavy (non-hydrogen) atoms. The van der Waals surface area contributed by atoms with Crippen LogP contribution in [0.4, 0.5) is 0 Å². The third-order valence-corrected chi connectivity index (χ3v) is 5.49. The van der Waals surface area contributed by atoms with Gasteiger partial charge < -0.3 is 10.0 Å². The van der Waals surface area contributed by atoms with Gasteiger partial charge >= 0.3 is 5.97 Å². The molecule has 5 nitrogen and oxygen atoms in total. The minimum Gasteiger partial charge on any atom is -0.478 e. The van der Waals surface area contributed by atoms with Crippen LogP contribution in [0, 0.1) is 6.92 Å². The summed E-state index contributed by atoms with van der Waals surface area (Å²) < 4.78 is 24.9. The molecule has 0 radical (unpaired) electrons. The number of carboxylic acids is 1. The summed E-state index contributed by atoms with van der Waals surface area (Å²) in [5.74, 6) is -1.25. The number of rotatable bonds is 7. The van der Waals surface area contributed by atoms with Gasteiger partial charge in [-0.25, -0.2) is 13.2 Å². The maximum atomic E-state index is 12.4. The van der Waals surface area contributed by atoms with Crippen LogP contribution in [0.5, 0.6) is 0 Å². The Labute approximate surface area is 130 Å². The second-order valence-electron chi connectivity index (χ2n) is 4.73. The minimum atomic E-state index is -3.57. The van der Waals surface area contributed by atoms with Crippen LogP contribution in [-0.2, 0) is 9.84 Å². The van der Waals surface area contributed by atoms with Crippen molar-refractivity contribution in [2.75, 3.05) is 25.4 Å². The molecule has 7 heteroatoms. The largest absolute Gasteiger partial charge is 0.478 e. The summed E-state index contributed by atoms with van der Waals surface area (Å²) in [6.45, 7) is 7.35. The first kappa shape index (κ1) is 17.9. The molecule has 0 aliphatic heterocycles. The number of carbonyl (C=O) groups is 1. The van der Waals surface area contributed by atoms with E-state index in [1.54, 1.807) is 0 Å². The van der Waals surface area contributed by atoms with Crippen LogP contribution in [0.3, 0.4) is 0 Å². The summed E-state index contributed by atoms with van der Waals surface area (Å²) in [4.78, 5) is 13.1. The quantitative estimate of drug-likeness (QED) is 0.829. The topological polar surface area (TPSA) is 74.7 Å². The van der Waals surface area contributed by atoms with Crippen molar-refractivity contribution in [3.05, 3.63) is 28.3 Å². The monoisotopic (exact) mass is 333 g/mol. The second-order valence-corrected chi connectivity index (χ2v) is 7.24. The van der Waals surface area contributed by atoms with Crippen LogP contribution in [0.15, 0.2) is 17.0 Å². The fourth-order valence-electron chi connectivity index (χ4n) is 2.10. The van der Waals surface area contributed by atoms with Gasteiger partial charge in [0, 0.05) is 11.6 Å². The van der Waals surface area contributed by atoms with Gasteiger partial charge in [-0.2, -0.15) is 0 Å². The smallest absolute Gasteiger partial charge is 0.336 e. The van der Waals surface area contributed by atoms with E-state index in [0.29, 0.717) is 6.54 Å². The standard InChI is InChI=1S/C14H20ClNO4S/c1-4-16(5-2)6-7-21(19,20)13-9-11(15)8-12(10(13)3)14(17)18/h8-9H,4-7H2,1-3H3,(H,17,18). The lowest BCUT2D eigenvalue weighted by Crippen LogP contribution is -2.29. The fraction of sp³-hybridized carbons (Fsp3) is 0.500. The van der Waals surface area contributed by atoms with Gasteiger partial charge in [-0.3, -0.25) is 0 Å². The molecule has 0 aromatic heterocycles. The van der Waals surface area contributed by atoms with Gasteiger partial charge in [0.1, 0.15) is 0 Å². The van der Waals surface area contributed by atoms with Crippen molar-refractivity contribution >= 4 is 27.4 Å². The molecule has 0 aliphatic rings. The van der Waals surface area contributed by atoms with Crippen LogP contribution < -0.4 is 0 Å². The van der Waals surface area contributed by atoms with E-state index in [0.717, 1.165) is 13.1 Å². The Morgan fingerprint density at radius 1 is 1.29 bits per heavy atom. The number of aromatic carboxylic acids is 1. The van der Waals surface area contributed by atoms with Crippen LogP contribution in [0.25, 0.3) is 0 Å². The van der Waals surface area contributed by atoms with Gasteiger partial charge in [-0.15, -0.1) is 0 Å². The molecule has 0 fully saturated rings. The van der Waals surface area contributed by atoms with Crippen molar-refractivity contribution in [2.45, 2.75) is 25.7 Å². The van der Waals surface area contributed by atoms with E-state index in [9.17, 15) is 13.2 Å². The second kappa shape index (κ2) is 7.24. The molecule has 1 rings (SSSR count). The molecule has 0 amide bonds. The molecule has 1 aromatic carbocycles. The molecule has 0 aliphatic carbocycles. The summed E-state index contributed by atoms with van der Waals surface area (Å²) >= 11 is 5.85. The van der Waals surface area contributed by atoms with Crippen molar-refractivity contribution in [1.29, 1.82) is 0 Å². The highest BCUT2D eigenvalue weighted by atomic mass is 35.5. The van der Waals surface area contributed by atoms with Gasteiger partial charge in [-0.1, -0.05) is 25.4 Å². The molecule has 0 spiro atoms. The predicted octanol–water partition coefficient (Wildman–Crippen LogP) is 2.46. The van der Waals surface area contributed by atoms with Gasteiger partial charge in [0.05, 0.1) is 16.2 Å². The first-order valence-electron chi connectivity index (χ1n) is 6.71. The maximum Gasteiger partial charge on any atom is 0.336 e. The maximum absolute atomic E-state index is 12.4. The van der Waals surface area contributed by atoms with Crippen LogP contribution >= 0.6 is 11.6 Å². The van der Waals surface area contributed by atoms with E-state index >= 15 is 0 Å². The number of sulfone groups is 1. The Kier molecular flexibility index (Phi) is 6.19. The van der Waals surface area contributed by atoms with Crippen molar-refractivity contribution in [2.24, 2.45) is 0 Å². The number of nitrogens with zero attached hydrogens (tertiary/aromatic N) is 1. The Balaban J connectivity index is 3.17. The van der Waals surface area contributed by atoms with E-state index < -0.39 is 15.8 Å². The number of hydrogen-bond donors (Lipinski definition) is 1. The molecular formula is C14H20ClNO4S. The highest BCUT2D eigenvalue weighted by molar-refractivity contribution is 7.91. The Hall–Kier alpha value is -1.11. The molecule has 0 saturated heterocycles. The lowest BCUT2D eigenvalue weighted by molar-refractivity contribution is 0.0696. The van der Waals surface area contributed by atoms with Gasteiger partial charge in [-0.05, 0) is 37.7 Å². The molecule has 1 N–H and O–H groups in total. The average molecular weight is 334 g/mol. The van der Waals surface area contributed by atoms with Crippen LogP contribution in [0.1, 0.15) is 29.8 Å². The van der Waals surface area contributed by atoms with Crippen molar-refractivity contribution in [1.82, 2.24) is 4.90 Å². The first-order chi connectivity index (χ1) is 9.72. The lowest BCUT2D eigenvalue weighted by atomic mass is 10.1. The number of carboxylic acid groups (broad SMARTS) is 1. The number of benzene rings is 1. The van der Waals surface area contributed by atoms with Gasteiger partial charge in [0.15, 0.2) is 9.84 Å². The molecule has 1 aromatic rings. The Morgan fingerprint density at radius 3 is 2.33 bits per heavy atom. The Morgan fingerprint density at radius 2 is 1.86 bits per heavy atom. The molecule has 0 atom stereocenters. The third-order valence-electron chi connectivity index (χ3n) is 3.46. The minimum absolute atomic E-state index is 0.000411. The molecule has 0 saturated carbocycles. The zero-order chi connectivity index (χ0) is 16.2. The van der Waals surface area contributed by atoms with E-state index in [-0.39, 0.29) is 26.8 Å². The molecule has 0 unspecified atom stereocenters. The molecule has 0 heterocycles. The van der Waals surface area contributed by atoms with E-state index in [2.05, 4.69) is 0 Å². The van der Waals surface area contributed by atoms with Crippen molar-refractivity contribution < 1.29 is 18.3 Å². The summed E-state index contributed by atoms with van der Waals surface area (Å²) in [5, 5.41) is 9.22. The van der Waals surface area contributed by atoms with E-state index in [1.807, 2.05) is 18.7 Å². The first-order valence-corrected chi connectivity index (χ1v) is 8.74. The third kappa shape index (κ3) is 4.43. The average Bonchev–Trinajstić information content (AvgIpc) is 2.41. The zero-order valence-corrected chi connectivity index (χ0v) is 14.0.